The minimum atomic E-state index is 0.195. The minimum Gasteiger partial charge on any atom is -0.380 e. The molecule has 4 heteroatoms. The average Bonchev–Trinajstić information content (AvgIpc) is 3.40. The van der Waals surface area contributed by atoms with Crippen LogP contribution in [0.2, 0.25) is 0 Å². The van der Waals surface area contributed by atoms with E-state index >= 15 is 0 Å². The van der Waals surface area contributed by atoms with Gasteiger partial charge in [-0.2, -0.15) is 0 Å². The monoisotopic (exact) mass is 316 g/mol. The molecule has 1 aliphatic carbocycles. The van der Waals surface area contributed by atoms with Gasteiger partial charge in [0, 0.05) is 44.5 Å². The molecule has 0 amide bonds. The SMILES string of the molecule is c1ccc(CN2CC[C@H]3OCCC[C@]3(COCC3CC3)C2)nc1. The molecule has 4 nitrogen and oxygen atoms in total. The van der Waals surface area contributed by atoms with Gasteiger partial charge >= 0.3 is 0 Å². The van der Waals surface area contributed by atoms with Crippen LogP contribution in [0, 0.1) is 11.3 Å². The van der Waals surface area contributed by atoms with Crippen LogP contribution in [0.1, 0.15) is 37.8 Å². The largest absolute Gasteiger partial charge is 0.380 e. The fraction of sp³-hybridized carbons (Fsp3) is 0.737. The summed E-state index contributed by atoms with van der Waals surface area (Å²) in [5, 5.41) is 0. The van der Waals surface area contributed by atoms with E-state index in [2.05, 4.69) is 22.0 Å². The summed E-state index contributed by atoms with van der Waals surface area (Å²) < 4.78 is 12.3. The molecule has 1 saturated carbocycles. The Hall–Kier alpha value is -0.970. The van der Waals surface area contributed by atoms with E-state index in [1.165, 1.54) is 25.7 Å². The average molecular weight is 316 g/mol. The predicted molar refractivity (Wildman–Crippen MR) is 89.1 cm³/mol. The van der Waals surface area contributed by atoms with Crippen LogP contribution in [0.5, 0.6) is 0 Å². The summed E-state index contributed by atoms with van der Waals surface area (Å²) in [4.78, 5) is 7.04. The van der Waals surface area contributed by atoms with Crippen LogP contribution in [0.3, 0.4) is 0 Å². The molecule has 3 heterocycles. The van der Waals surface area contributed by atoms with Crippen LogP contribution in [0.25, 0.3) is 0 Å². The summed E-state index contributed by atoms with van der Waals surface area (Å²) in [5.41, 5.74) is 1.36. The van der Waals surface area contributed by atoms with Crippen molar-refractivity contribution >= 4 is 0 Å². The van der Waals surface area contributed by atoms with Crippen LogP contribution in [0.15, 0.2) is 24.4 Å². The van der Waals surface area contributed by atoms with Crippen molar-refractivity contribution < 1.29 is 9.47 Å². The smallest absolute Gasteiger partial charge is 0.0677 e. The number of aromatic nitrogens is 1. The molecule has 2 aliphatic heterocycles. The summed E-state index contributed by atoms with van der Waals surface area (Å²) in [6, 6.07) is 6.19. The number of hydrogen-bond donors (Lipinski definition) is 0. The fourth-order valence-electron chi connectivity index (χ4n) is 4.16. The first-order valence-corrected chi connectivity index (χ1v) is 9.16. The third-order valence-electron chi connectivity index (χ3n) is 5.62. The van der Waals surface area contributed by atoms with E-state index in [1.807, 2.05) is 12.3 Å². The lowest BCUT2D eigenvalue weighted by Gasteiger charge is -2.50. The number of pyridine rings is 1. The van der Waals surface area contributed by atoms with Gasteiger partial charge in [-0.25, -0.2) is 0 Å². The molecule has 126 valence electrons. The summed E-state index contributed by atoms with van der Waals surface area (Å²) in [6.45, 7) is 5.87. The van der Waals surface area contributed by atoms with Crippen LogP contribution < -0.4 is 0 Å². The van der Waals surface area contributed by atoms with Crippen molar-refractivity contribution in [2.45, 2.75) is 44.8 Å². The Labute approximate surface area is 139 Å². The van der Waals surface area contributed by atoms with Crippen molar-refractivity contribution in [3.8, 4) is 0 Å². The highest BCUT2D eigenvalue weighted by molar-refractivity contribution is 5.05. The lowest BCUT2D eigenvalue weighted by Crippen LogP contribution is -2.56. The van der Waals surface area contributed by atoms with Gasteiger partial charge in [0.2, 0.25) is 0 Å². The molecular weight excluding hydrogens is 288 g/mol. The van der Waals surface area contributed by atoms with Gasteiger partial charge in [-0.15, -0.1) is 0 Å². The Bertz CT molecular complexity index is 505. The highest BCUT2D eigenvalue weighted by Crippen LogP contribution is 2.41. The molecular formula is C19H28N2O2. The quantitative estimate of drug-likeness (QED) is 0.808. The highest BCUT2D eigenvalue weighted by Gasteiger charge is 2.46. The van der Waals surface area contributed by atoms with Crippen molar-refractivity contribution in [2.24, 2.45) is 11.3 Å². The van der Waals surface area contributed by atoms with Gasteiger partial charge in [0.15, 0.2) is 0 Å². The molecule has 1 aromatic heterocycles. The number of fused-ring (bicyclic) bond motifs is 1. The van der Waals surface area contributed by atoms with Crippen molar-refractivity contribution in [1.82, 2.24) is 9.88 Å². The van der Waals surface area contributed by atoms with Crippen LogP contribution >= 0.6 is 0 Å². The Balaban J connectivity index is 1.41. The molecule has 3 aliphatic rings. The van der Waals surface area contributed by atoms with E-state index in [9.17, 15) is 0 Å². The summed E-state index contributed by atoms with van der Waals surface area (Å²) >= 11 is 0. The molecule has 0 radical (unpaired) electrons. The van der Waals surface area contributed by atoms with Crippen molar-refractivity contribution in [1.29, 1.82) is 0 Å². The van der Waals surface area contributed by atoms with Gasteiger partial charge < -0.3 is 9.47 Å². The maximum Gasteiger partial charge on any atom is 0.0677 e. The number of hydrogen-bond acceptors (Lipinski definition) is 4. The standard InChI is InChI=1S/C19H28N2O2/c1-2-9-20-17(4-1)12-21-10-7-18-19(14-21,8-3-11-23-18)15-22-13-16-5-6-16/h1-2,4,9,16,18H,3,5-8,10-15H2/t18-,19-/m1/s1. The van der Waals surface area contributed by atoms with Gasteiger partial charge in [-0.3, -0.25) is 9.88 Å². The third kappa shape index (κ3) is 3.76. The number of piperidine rings is 1. The van der Waals surface area contributed by atoms with Crippen molar-refractivity contribution in [2.75, 3.05) is 32.9 Å². The molecule has 2 saturated heterocycles. The molecule has 4 rings (SSSR count). The molecule has 0 unspecified atom stereocenters. The van der Waals surface area contributed by atoms with E-state index in [-0.39, 0.29) is 5.41 Å². The molecule has 0 aromatic carbocycles. The van der Waals surface area contributed by atoms with Crippen molar-refractivity contribution in [3.63, 3.8) is 0 Å². The molecule has 23 heavy (non-hydrogen) atoms. The van der Waals surface area contributed by atoms with Gasteiger partial charge in [0.1, 0.15) is 0 Å². The molecule has 0 spiro atoms. The highest BCUT2D eigenvalue weighted by atomic mass is 16.5. The normalized spacial score (nSPS) is 31.7. The zero-order valence-electron chi connectivity index (χ0n) is 14.0. The zero-order valence-corrected chi connectivity index (χ0v) is 14.0. The first kappa shape index (κ1) is 15.6. The fourth-order valence-corrected chi connectivity index (χ4v) is 4.16. The zero-order chi connectivity index (χ0) is 15.5. The molecule has 0 bridgehead atoms. The lowest BCUT2D eigenvalue weighted by molar-refractivity contribution is -0.154. The lowest BCUT2D eigenvalue weighted by atomic mass is 9.73. The Morgan fingerprint density at radius 3 is 3.09 bits per heavy atom. The van der Waals surface area contributed by atoms with E-state index in [1.54, 1.807) is 0 Å². The van der Waals surface area contributed by atoms with Crippen LogP contribution in [0.4, 0.5) is 0 Å². The van der Waals surface area contributed by atoms with Gasteiger partial charge in [-0.1, -0.05) is 6.07 Å². The van der Waals surface area contributed by atoms with Gasteiger partial charge in [0.25, 0.3) is 0 Å². The Morgan fingerprint density at radius 1 is 1.30 bits per heavy atom. The van der Waals surface area contributed by atoms with E-state index < -0.39 is 0 Å². The maximum atomic E-state index is 6.13. The second-order valence-electron chi connectivity index (χ2n) is 7.60. The topological polar surface area (TPSA) is 34.6 Å². The summed E-state index contributed by atoms with van der Waals surface area (Å²) in [5.74, 6) is 0.836. The van der Waals surface area contributed by atoms with Crippen LogP contribution in [-0.2, 0) is 16.0 Å². The summed E-state index contributed by atoms with van der Waals surface area (Å²) in [7, 11) is 0. The van der Waals surface area contributed by atoms with Crippen LogP contribution in [-0.4, -0.2) is 48.9 Å². The number of likely N-dealkylation sites (tertiary alicyclic amines) is 1. The number of nitrogens with zero attached hydrogens (tertiary/aromatic N) is 2. The maximum absolute atomic E-state index is 6.13. The second kappa shape index (κ2) is 6.88. The summed E-state index contributed by atoms with van der Waals surface area (Å²) in [6.07, 6.45) is 8.52. The predicted octanol–water partition coefficient (Wildman–Crippen LogP) is 2.88. The Kier molecular flexibility index (Phi) is 4.65. The van der Waals surface area contributed by atoms with Crippen molar-refractivity contribution in [3.05, 3.63) is 30.1 Å². The molecule has 2 atom stereocenters. The van der Waals surface area contributed by atoms with E-state index in [0.717, 1.165) is 57.5 Å². The molecule has 3 fully saturated rings. The number of rotatable bonds is 6. The third-order valence-corrected chi connectivity index (χ3v) is 5.62. The minimum absolute atomic E-state index is 0.195. The Morgan fingerprint density at radius 2 is 2.26 bits per heavy atom. The molecule has 0 N–H and O–H groups in total. The first-order chi connectivity index (χ1) is 11.3. The molecule has 1 aromatic rings. The first-order valence-electron chi connectivity index (χ1n) is 9.16. The second-order valence-corrected chi connectivity index (χ2v) is 7.60. The van der Waals surface area contributed by atoms with Gasteiger partial charge in [-0.05, 0) is 50.2 Å². The van der Waals surface area contributed by atoms with E-state index in [4.69, 9.17) is 9.47 Å². The van der Waals surface area contributed by atoms with E-state index in [0.29, 0.717) is 6.10 Å². The number of ether oxygens (including phenoxy) is 2. The van der Waals surface area contributed by atoms with Gasteiger partial charge in [0.05, 0.1) is 18.4 Å².